The molecule has 0 aliphatic heterocycles. The molecule has 1 amide bonds. The van der Waals surface area contributed by atoms with Gasteiger partial charge in [0.2, 0.25) is 0 Å². The van der Waals surface area contributed by atoms with Gasteiger partial charge in [0.15, 0.2) is 6.10 Å². The van der Waals surface area contributed by atoms with Crippen LogP contribution < -0.4 is 10.1 Å². The fourth-order valence-corrected chi connectivity index (χ4v) is 2.45. The normalized spacial score (nSPS) is 11.9. The molecule has 0 unspecified atom stereocenters. The van der Waals surface area contributed by atoms with Gasteiger partial charge < -0.3 is 10.1 Å². The van der Waals surface area contributed by atoms with E-state index in [1.54, 1.807) is 6.92 Å². The Morgan fingerprint density at radius 1 is 1.23 bits per heavy atom. The zero-order valence-electron chi connectivity index (χ0n) is 12.6. The molecule has 5 heteroatoms. The molecule has 0 saturated heterocycles. The van der Waals surface area contributed by atoms with Crippen LogP contribution in [0.3, 0.4) is 0 Å². The SMILES string of the molecule is Cc1ccc(NC(=O)[C@H](C)Oc2ccc(F)cc2Br)c(C)c1. The maximum Gasteiger partial charge on any atom is 0.265 e. The second kappa shape index (κ2) is 6.92. The third kappa shape index (κ3) is 4.07. The number of rotatable bonds is 4. The van der Waals surface area contributed by atoms with Gasteiger partial charge in [-0.1, -0.05) is 17.7 Å². The summed E-state index contributed by atoms with van der Waals surface area (Å²) in [5.74, 6) is -0.209. The van der Waals surface area contributed by atoms with Crippen molar-refractivity contribution in [3.05, 3.63) is 57.8 Å². The number of nitrogens with one attached hydrogen (secondary N) is 1. The molecule has 0 radical (unpaired) electrons. The molecule has 1 N–H and O–H groups in total. The van der Waals surface area contributed by atoms with Crippen molar-refractivity contribution in [1.82, 2.24) is 0 Å². The topological polar surface area (TPSA) is 38.3 Å². The highest BCUT2D eigenvalue weighted by molar-refractivity contribution is 9.10. The van der Waals surface area contributed by atoms with Crippen molar-refractivity contribution in [1.29, 1.82) is 0 Å². The van der Waals surface area contributed by atoms with Gasteiger partial charge in [-0.05, 0) is 66.5 Å². The van der Waals surface area contributed by atoms with Gasteiger partial charge in [0, 0.05) is 5.69 Å². The third-order valence-electron chi connectivity index (χ3n) is 3.21. The summed E-state index contributed by atoms with van der Waals surface area (Å²) >= 11 is 3.21. The number of hydrogen-bond acceptors (Lipinski definition) is 2. The highest BCUT2D eigenvalue weighted by atomic mass is 79.9. The van der Waals surface area contributed by atoms with Crippen LogP contribution in [0.25, 0.3) is 0 Å². The minimum Gasteiger partial charge on any atom is -0.480 e. The van der Waals surface area contributed by atoms with Crippen molar-refractivity contribution in [2.24, 2.45) is 0 Å². The molecule has 2 rings (SSSR count). The minimum atomic E-state index is -0.706. The maximum absolute atomic E-state index is 13.0. The lowest BCUT2D eigenvalue weighted by atomic mass is 10.1. The number of anilines is 1. The summed E-state index contributed by atoms with van der Waals surface area (Å²) in [5, 5.41) is 2.83. The quantitative estimate of drug-likeness (QED) is 0.858. The number of hydrogen-bond donors (Lipinski definition) is 1. The fraction of sp³-hybridized carbons (Fsp3) is 0.235. The van der Waals surface area contributed by atoms with Gasteiger partial charge in [-0.25, -0.2) is 4.39 Å². The van der Waals surface area contributed by atoms with Crippen LogP contribution in [0.2, 0.25) is 0 Å². The van der Waals surface area contributed by atoms with Crippen LogP contribution in [0.15, 0.2) is 40.9 Å². The second-order valence-electron chi connectivity index (χ2n) is 5.14. The number of carbonyl (C=O) groups excluding carboxylic acids is 1. The molecule has 0 bridgehead atoms. The largest absolute Gasteiger partial charge is 0.480 e. The van der Waals surface area contributed by atoms with E-state index in [-0.39, 0.29) is 11.7 Å². The number of ether oxygens (including phenoxy) is 1. The van der Waals surface area contributed by atoms with Crippen molar-refractivity contribution >= 4 is 27.5 Å². The van der Waals surface area contributed by atoms with Crippen LogP contribution in [0.4, 0.5) is 10.1 Å². The fourth-order valence-electron chi connectivity index (χ4n) is 2.00. The molecule has 0 fully saturated rings. The van der Waals surface area contributed by atoms with Crippen LogP contribution >= 0.6 is 15.9 Å². The first-order valence-corrected chi connectivity index (χ1v) is 7.66. The van der Waals surface area contributed by atoms with E-state index in [1.165, 1.54) is 18.2 Å². The van der Waals surface area contributed by atoms with Crippen molar-refractivity contribution in [2.45, 2.75) is 26.9 Å². The lowest BCUT2D eigenvalue weighted by Crippen LogP contribution is -2.30. The molecular weight excluding hydrogens is 349 g/mol. The molecule has 2 aromatic rings. The molecule has 22 heavy (non-hydrogen) atoms. The highest BCUT2D eigenvalue weighted by Gasteiger charge is 2.17. The molecule has 3 nitrogen and oxygen atoms in total. The lowest BCUT2D eigenvalue weighted by Gasteiger charge is -2.17. The van der Waals surface area contributed by atoms with E-state index in [9.17, 15) is 9.18 Å². The van der Waals surface area contributed by atoms with Gasteiger partial charge in [-0.3, -0.25) is 4.79 Å². The molecule has 0 aliphatic carbocycles. The van der Waals surface area contributed by atoms with Crippen molar-refractivity contribution < 1.29 is 13.9 Å². The van der Waals surface area contributed by atoms with Crippen LogP contribution in [0, 0.1) is 19.7 Å². The average Bonchev–Trinajstić information content (AvgIpc) is 2.44. The van der Waals surface area contributed by atoms with Crippen LogP contribution in [-0.4, -0.2) is 12.0 Å². The van der Waals surface area contributed by atoms with Crippen molar-refractivity contribution in [2.75, 3.05) is 5.32 Å². The van der Waals surface area contributed by atoms with Crippen LogP contribution in [0.1, 0.15) is 18.1 Å². The standard InChI is InChI=1S/C17H17BrFNO2/c1-10-4-6-15(11(2)8-10)20-17(21)12(3)22-16-7-5-13(19)9-14(16)18/h4-9,12H,1-3H3,(H,20,21)/t12-/m0/s1. The molecule has 116 valence electrons. The van der Waals surface area contributed by atoms with Crippen molar-refractivity contribution in [3.8, 4) is 5.75 Å². The summed E-state index contributed by atoms with van der Waals surface area (Å²) in [6, 6.07) is 9.87. The minimum absolute atomic E-state index is 0.261. The van der Waals surface area contributed by atoms with Gasteiger partial charge in [0.25, 0.3) is 5.91 Å². The van der Waals surface area contributed by atoms with Gasteiger partial charge in [0.05, 0.1) is 4.47 Å². The molecule has 2 aromatic carbocycles. The van der Waals surface area contributed by atoms with Crippen LogP contribution in [0.5, 0.6) is 5.75 Å². The van der Waals surface area contributed by atoms with E-state index < -0.39 is 6.10 Å². The number of benzene rings is 2. The summed E-state index contributed by atoms with van der Waals surface area (Å²) in [5.41, 5.74) is 2.88. The summed E-state index contributed by atoms with van der Waals surface area (Å²) < 4.78 is 19.1. The Kier molecular flexibility index (Phi) is 5.19. The van der Waals surface area contributed by atoms with Crippen LogP contribution in [-0.2, 0) is 4.79 Å². The molecule has 0 aliphatic rings. The van der Waals surface area contributed by atoms with Gasteiger partial charge in [-0.15, -0.1) is 0 Å². The van der Waals surface area contributed by atoms with E-state index in [1.807, 2.05) is 32.0 Å². The van der Waals surface area contributed by atoms with Crippen molar-refractivity contribution in [3.63, 3.8) is 0 Å². The highest BCUT2D eigenvalue weighted by Crippen LogP contribution is 2.26. The number of halogens is 2. The predicted molar refractivity (Wildman–Crippen MR) is 88.7 cm³/mol. The first-order valence-electron chi connectivity index (χ1n) is 6.86. The first kappa shape index (κ1) is 16.5. The zero-order chi connectivity index (χ0) is 16.3. The molecule has 1 atom stereocenters. The third-order valence-corrected chi connectivity index (χ3v) is 3.83. The Morgan fingerprint density at radius 2 is 1.95 bits per heavy atom. The number of carbonyl (C=O) groups is 1. The monoisotopic (exact) mass is 365 g/mol. The summed E-state index contributed by atoms with van der Waals surface area (Å²) in [4.78, 5) is 12.2. The van der Waals surface area contributed by atoms with Gasteiger partial charge in [0.1, 0.15) is 11.6 Å². The van der Waals surface area contributed by atoms with E-state index >= 15 is 0 Å². The summed E-state index contributed by atoms with van der Waals surface area (Å²) in [6.07, 6.45) is -0.706. The number of amides is 1. The van der Waals surface area contributed by atoms with E-state index in [4.69, 9.17) is 4.74 Å². The van der Waals surface area contributed by atoms with Gasteiger partial charge >= 0.3 is 0 Å². The Balaban J connectivity index is 2.05. The summed E-state index contributed by atoms with van der Waals surface area (Å²) in [7, 11) is 0. The Hall–Kier alpha value is -1.88. The zero-order valence-corrected chi connectivity index (χ0v) is 14.2. The predicted octanol–water partition coefficient (Wildman–Crippen LogP) is 4.61. The molecule has 0 saturated carbocycles. The maximum atomic E-state index is 13.0. The average molecular weight is 366 g/mol. The Labute approximate surface area is 137 Å². The van der Waals surface area contributed by atoms with E-state index in [2.05, 4.69) is 21.2 Å². The smallest absolute Gasteiger partial charge is 0.265 e. The van der Waals surface area contributed by atoms with E-state index in [0.717, 1.165) is 16.8 Å². The second-order valence-corrected chi connectivity index (χ2v) is 6.00. The van der Waals surface area contributed by atoms with E-state index in [0.29, 0.717) is 10.2 Å². The number of aryl methyl sites for hydroxylation is 2. The Bertz CT molecular complexity index is 703. The molecule has 0 spiro atoms. The molecule has 0 aromatic heterocycles. The summed E-state index contributed by atoms with van der Waals surface area (Å²) in [6.45, 7) is 5.58. The first-order chi connectivity index (χ1) is 10.4. The Morgan fingerprint density at radius 3 is 2.59 bits per heavy atom. The molecular formula is C17H17BrFNO2. The van der Waals surface area contributed by atoms with Gasteiger partial charge in [-0.2, -0.15) is 0 Å². The lowest BCUT2D eigenvalue weighted by molar-refractivity contribution is -0.122. The molecule has 0 heterocycles.